The Hall–Kier alpha value is -2.07. The van der Waals surface area contributed by atoms with Gasteiger partial charge in [0.2, 0.25) is 0 Å². The third-order valence-electron chi connectivity index (χ3n) is 2.84. The summed E-state index contributed by atoms with van der Waals surface area (Å²) in [5.74, 6) is 0. The fraction of sp³-hybridized carbons (Fsp3) is 0.286. The fourth-order valence-electron chi connectivity index (χ4n) is 1.86. The Labute approximate surface area is 124 Å². The minimum Gasteiger partial charge on any atom is -0.376 e. The van der Waals surface area contributed by atoms with Crippen LogP contribution in [0.2, 0.25) is 0 Å². The molecule has 0 bridgehead atoms. The number of aromatic nitrogens is 1. The van der Waals surface area contributed by atoms with Crippen molar-refractivity contribution in [3.8, 4) is 6.07 Å². The van der Waals surface area contributed by atoms with E-state index in [1.54, 1.807) is 12.3 Å². The van der Waals surface area contributed by atoms with Crippen LogP contribution in [0.15, 0.2) is 24.4 Å². The molecule has 0 radical (unpaired) electrons. The van der Waals surface area contributed by atoms with Crippen LogP contribution in [0, 0.1) is 18.3 Å². The molecule has 7 heteroatoms. The second-order valence-corrected chi connectivity index (χ2v) is 5.81. The van der Waals surface area contributed by atoms with Crippen molar-refractivity contribution in [2.24, 2.45) is 0 Å². The maximum absolute atomic E-state index is 12.7. The summed E-state index contributed by atoms with van der Waals surface area (Å²) in [6.45, 7) is 3.79. The van der Waals surface area contributed by atoms with Crippen LogP contribution in [0.25, 0.3) is 0 Å². The number of aryl methyl sites for hydroxylation is 1. The van der Waals surface area contributed by atoms with Gasteiger partial charge in [0.1, 0.15) is 5.01 Å². The lowest BCUT2D eigenvalue weighted by Gasteiger charge is -2.15. The first-order valence-corrected chi connectivity index (χ1v) is 6.93. The van der Waals surface area contributed by atoms with Crippen molar-refractivity contribution in [2.45, 2.75) is 26.1 Å². The zero-order valence-electron chi connectivity index (χ0n) is 11.3. The number of nitrogens with one attached hydrogen (secondary N) is 1. The van der Waals surface area contributed by atoms with Crippen molar-refractivity contribution >= 4 is 17.0 Å². The molecule has 0 aliphatic rings. The van der Waals surface area contributed by atoms with E-state index in [9.17, 15) is 13.2 Å². The predicted octanol–water partition coefficient (Wildman–Crippen LogP) is 4.52. The zero-order valence-corrected chi connectivity index (χ0v) is 12.1. The average molecular weight is 311 g/mol. The molecule has 0 saturated heterocycles. The van der Waals surface area contributed by atoms with Crippen LogP contribution < -0.4 is 5.32 Å². The van der Waals surface area contributed by atoms with E-state index in [1.165, 1.54) is 23.5 Å². The number of benzene rings is 1. The van der Waals surface area contributed by atoms with Crippen LogP contribution in [0.4, 0.5) is 18.9 Å². The van der Waals surface area contributed by atoms with Crippen LogP contribution >= 0.6 is 11.3 Å². The Morgan fingerprint density at radius 1 is 1.38 bits per heavy atom. The largest absolute Gasteiger partial charge is 0.417 e. The second kappa shape index (κ2) is 5.74. The van der Waals surface area contributed by atoms with Gasteiger partial charge in [-0.2, -0.15) is 18.4 Å². The maximum atomic E-state index is 12.7. The van der Waals surface area contributed by atoms with Gasteiger partial charge in [0.15, 0.2) is 0 Å². The third kappa shape index (κ3) is 3.52. The topological polar surface area (TPSA) is 48.7 Å². The molecule has 1 N–H and O–H groups in total. The highest BCUT2D eigenvalue weighted by Gasteiger charge is 2.33. The SMILES string of the molecule is Cc1cnc(C(C)Nc2ccc(C(F)(F)F)c(C#N)c2)s1. The molecule has 0 aliphatic heterocycles. The number of hydrogen-bond acceptors (Lipinski definition) is 4. The van der Waals surface area contributed by atoms with E-state index < -0.39 is 17.3 Å². The Balaban J connectivity index is 2.24. The first-order valence-electron chi connectivity index (χ1n) is 6.11. The highest BCUT2D eigenvalue weighted by molar-refractivity contribution is 7.11. The summed E-state index contributed by atoms with van der Waals surface area (Å²) in [5.41, 5.74) is -0.858. The molecule has 110 valence electrons. The smallest absolute Gasteiger partial charge is 0.376 e. The van der Waals surface area contributed by atoms with Gasteiger partial charge in [-0.05, 0) is 32.0 Å². The van der Waals surface area contributed by atoms with Gasteiger partial charge in [0.05, 0.1) is 23.2 Å². The normalized spacial score (nSPS) is 12.8. The quantitative estimate of drug-likeness (QED) is 0.907. The van der Waals surface area contributed by atoms with E-state index in [0.717, 1.165) is 16.0 Å². The van der Waals surface area contributed by atoms with Crippen LogP contribution in [-0.4, -0.2) is 4.98 Å². The highest BCUT2D eigenvalue weighted by Crippen LogP contribution is 2.33. The first kappa shape index (κ1) is 15.3. The molecule has 21 heavy (non-hydrogen) atoms. The van der Waals surface area contributed by atoms with Gasteiger partial charge in [-0.3, -0.25) is 0 Å². The average Bonchev–Trinajstić information content (AvgIpc) is 2.84. The number of hydrogen-bond donors (Lipinski definition) is 1. The number of halogens is 3. The van der Waals surface area contributed by atoms with Gasteiger partial charge < -0.3 is 5.32 Å². The molecule has 0 spiro atoms. The number of anilines is 1. The Morgan fingerprint density at radius 3 is 2.62 bits per heavy atom. The monoisotopic (exact) mass is 311 g/mol. The van der Waals surface area contributed by atoms with E-state index in [2.05, 4.69) is 10.3 Å². The first-order chi connectivity index (χ1) is 9.81. The van der Waals surface area contributed by atoms with Crippen LogP contribution in [0.3, 0.4) is 0 Å². The van der Waals surface area contributed by atoms with Gasteiger partial charge >= 0.3 is 6.18 Å². The van der Waals surface area contributed by atoms with E-state index in [4.69, 9.17) is 5.26 Å². The van der Waals surface area contributed by atoms with Crippen LogP contribution in [-0.2, 0) is 6.18 Å². The standard InChI is InChI=1S/C14H12F3N3S/c1-8-7-19-13(21-8)9(2)20-11-3-4-12(14(15,16)17)10(5-11)6-18/h3-5,7,9,20H,1-2H3. The lowest BCUT2D eigenvalue weighted by Crippen LogP contribution is -2.10. The summed E-state index contributed by atoms with van der Waals surface area (Å²) in [5, 5.41) is 12.8. The molecule has 1 aromatic carbocycles. The van der Waals surface area contributed by atoms with Gasteiger partial charge in [-0.1, -0.05) is 0 Å². The van der Waals surface area contributed by atoms with Crippen LogP contribution in [0.1, 0.15) is 34.0 Å². The van der Waals surface area contributed by atoms with Crippen molar-refractivity contribution in [2.75, 3.05) is 5.32 Å². The summed E-state index contributed by atoms with van der Waals surface area (Å²) >= 11 is 1.51. The number of rotatable bonds is 3. The van der Waals surface area contributed by atoms with Crippen molar-refractivity contribution in [1.82, 2.24) is 4.98 Å². The molecule has 1 aromatic heterocycles. The summed E-state index contributed by atoms with van der Waals surface area (Å²) in [6.07, 6.45) is -2.78. The van der Waals surface area contributed by atoms with Gasteiger partial charge in [-0.25, -0.2) is 4.98 Å². The number of nitriles is 1. The van der Waals surface area contributed by atoms with E-state index in [1.807, 2.05) is 13.8 Å². The highest BCUT2D eigenvalue weighted by atomic mass is 32.1. The van der Waals surface area contributed by atoms with Crippen molar-refractivity contribution < 1.29 is 13.2 Å². The molecule has 3 nitrogen and oxygen atoms in total. The Morgan fingerprint density at radius 2 is 2.10 bits per heavy atom. The van der Waals surface area contributed by atoms with Gasteiger partial charge in [0, 0.05) is 16.8 Å². The molecule has 0 fully saturated rings. The molecule has 1 atom stereocenters. The molecular weight excluding hydrogens is 299 g/mol. The summed E-state index contributed by atoms with van der Waals surface area (Å²) in [4.78, 5) is 5.28. The molecule has 0 saturated carbocycles. The van der Waals surface area contributed by atoms with Crippen molar-refractivity contribution in [3.63, 3.8) is 0 Å². The number of nitrogens with zero attached hydrogens (tertiary/aromatic N) is 2. The molecule has 2 rings (SSSR count). The van der Waals surface area contributed by atoms with E-state index in [-0.39, 0.29) is 6.04 Å². The summed E-state index contributed by atoms with van der Waals surface area (Å²) in [6, 6.07) is 4.89. The predicted molar refractivity (Wildman–Crippen MR) is 75.0 cm³/mol. The molecular formula is C14H12F3N3S. The van der Waals surface area contributed by atoms with Crippen molar-refractivity contribution in [1.29, 1.82) is 5.26 Å². The Bertz CT molecular complexity index is 686. The fourth-order valence-corrected chi connectivity index (χ4v) is 2.63. The zero-order chi connectivity index (χ0) is 15.6. The molecule has 0 aliphatic carbocycles. The number of alkyl halides is 3. The lowest BCUT2D eigenvalue weighted by atomic mass is 10.1. The Kier molecular flexibility index (Phi) is 4.19. The van der Waals surface area contributed by atoms with Gasteiger partial charge in [0.25, 0.3) is 0 Å². The minimum atomic E-state index is -4.53. The molecule has 2 aromatic rings. The van der Waals surface area contributed by atoms with E-state index in [0.29, 0.717) is 5.69 Å². The third-order valence-corrected chi connectivity index (χ3v) is 3.93. The second-order valence-electron chi connectivity index (χ2n) is 4.55. The maximum Gasteiger partial charge on any atom is 0.417 e. The number of thiazole rings is 1. The molecule has 1 heterocycles. The van der Waals surface area contributed by atoms with Gasteiger partial charge in [-0.15, -0.1) is 11.3 Å². The van der Waals surface area contributed by atoms with Crippen molar-refractivity contribution in [3.05, 3.63) is 45.4 Å². The molecule has 1 unspecified atom stereocenters. The lowest BCUT2D eigenvalue weighted by molar-refractivity contribution is -0.137. The summed E-state index contributed by atoms with van der Waals surface area (Å²) < 4.78 is 38.2. The minimum absolute atomic E-state index is 0.146. The summed E-state index contributed by atoms with van der Waals surface area (Å²) in [7, 11) is 0. The van der Waals surface area contributed by atoms with Crippen LogP contribution in [0.5, 0.6) is 0 Å². The van der Waals surface area contributed by atoms with E-state index >= 15 is 0 Å². The molecule has 0 amide bonds.